The molecule has 0 saturated heterocycles. The molecule has 4 nitrogen and oxygen atoms in total. The predicted molar refractivity (Wildman–Crippen MR) is 70.8 cm³/mol. The maximum Gasteiger partial charge on any atom is 0.387 e. The van der Waals surface area contributed by atoms with Crippen LogP contribution in [0, 0.1) is 0 Å². The molecule has 1 unspecified atom stereocenters. The highest BCUT2D eigenvalue weighted by atomic mass is 35.5. The van der Waals surface area contributed by atoms with E-state index in [0.717, 1.165) is 5.56 Å². The number of ether oxygens (including phenoxy) is 3. The molecule has 1 aromatic rings. The van der Waals surface area contributed by atoms with E-state index in [2.05, 4.69) is 4.74 Å². The smallest absolute Gasteiger partial charge is 0.387 e. The maximum absolute atomic E-state index is 12.3. The lowest BCUT2D eigenvalue weighted by molar-refractivity contribution is -0.0526. The molecule has 0 fully saturated rings. The van der Waals surface area contributed by atoms with Gasteiger partial charge in [-0.05, 0) is 31.0 Å². The van der Waals surface area contributed by atoms with Gasteiger partial charge in [0.15, 0.2) is 11.5 Å². The first-order chi connectivity index (χ1) is 8.47. The van der Waals surface area contributed by atoms with Crippen LogP contribution in [0.2, 0.25) is 0 Å². The van der Waals surface area contributed by atoms with Crippen LogP contribution in [-0.2, 0) is 6.42 Å². The van der Waals surface area contributed by atoms with Crippen LogP contribution in [0.4, 0.5) is 8.78 Å². The zero-order valence-corrected chi connectivity index (χ0v) is 11.8. The minimum absolute atomic E-state index is 0. The Balaban J connectivity index is 0.00000324. The Hall–Kier alpha value is -1.27. The average Bonchev–Trinajstić information content (AvgIpc) is 2.29. The van der Waals surface area contributed by atoms with Crippen molar-refractivity contribution in [1.82, 2.24) is 0 Å². The number of hydrogen-bond donors (Lipinski definition) is 1. The monoisotopic (exact) mass is 297 g/mol. The molecule has 19 heavy (non-hydrogen) atoms. The minimum Gasteiger partial charge on any atom is -0.493 e. The van der Waals surface area contributed by atoms with E-state index in [1.54, 1.807) is 12.1 Å². The van der Waals surface area contributed by atoms with Gasteiger partial charge < -0.3 is 19.9 Å². The lowest BCUT2D eigenvalue weighted by Crippen LogP contribution is -2.18. The van der Waals surface area contributed by atoms with Crippen LogP contribution in [-0.4, -0.2) is 26.9 Å². The third-order valence-electron chi connectivity index (χ3n) is 2.29. The quantitative estimate of drug-likeness (QED) is 0.877. The molecule has 2 N–H and O–H groups in total. The molecular formula is C12H18ClF2NO3. The van der Waals surface area contributed by atoms with Crippen LogP contribution in [0.5, 0.6) is 17.2 Å². The van der Waals surface area contributed by atoms with Crippen molar-refractivity contribution in [3.05, 3.63) is 17.7 Å². The Labute approximate surface area is 117 Å². The van der Waals surface area contributed by atoms with E-state index >= 15 is 0 Å². The SMILES string of the molecule is COc1cc(CC(C)N)cc(OC)c1OC(F)F.Cl. The van der Waals surface area contributed by atoms with Gasteiger partial charge in [0.25, 0.3) is 0 Å². The van der Waals surface area contributed by atoms with E-state index < -0.39 is 6.61 Å². The van der Waals surface area contributed by atoms with Gasteiger partial charge in [-0.1, -0.05) is 0 Å². The summed E-state index contributed by atoms with van der Waals surface area (Å²) in [5.41, 5.74) is 6.53. The van der Waals surface area contributed by atoms with Crippen LogP contribution in [0.3, 0.4) is 0 Å². The van der Waals surface area contributed by atoms with Crippen molar-refractivity contribution < 1.29 is 23.0 Å². The third kappa shape index (κ3) is 5.08. The first kappa shape index (κ1) is 17.7. The molecule has 0 aromatic heterocycles. The largest absolute Gasteiger partial charge is 0.493 e. The minimum atomic E-state index is -2.94. The number of nitrogens with two attached hydrogens (primary N) is 1. The third-order valence-corrected chi connectivity index (χ3v) is 2.29. The van der Waals surface area contributed by atoms with Gasteiger partial charge in [0.05, 0.1) is 14.2 Å². The summed E-state index contributed by atoms with van der Waals surface area (Å²) in [6.45, 7) is -1.09. The Kier molecular flexibility index (Phi) is 7.48. The topological polar surface area (TPSA) is 53.7 Å². The molecule has 110 valence electrons. The summed E-state index contributed by atoms with van der Waals surface area (Å²) in [5.74, 6) is 0.291. The fourth-order valence-electron chi connectivity index (χ4n) is 1.63. The van der Waals surface area contributed by atoms with Gasteiger partial charge in [0, 0.05) is 6.04 Å². The van der Waals surface area contributed by atoms with Crippen molar-refractivity contribution >= 4 is 12.4 Å². The Morgan fingerprint density at radius 2 is 1.63 bits per heavy atom. The van der Waals surface area contributed by atoms with Crippen LogP contribution >= 0.6 is 12.4 Å². The molecule has 0 aliphatic heterocycles. The first-order valence-electron chi connectivity index (χ1n) is 5.43. The van der Waals surface area contributed by atoms with E-state index in [1.807, 2.05) is 6.92 Å². The van der Waals surface area contributed by atoms with Crippen LogP contribution in [0.25, 0.3) is 0 Å². The summed E-state index contributed by atoms with van der Waals surface area (Å²) in [6, 6.07) is 3.17. The molecule has 0 heterocycles. The van der Waals surface area contributed by atoms with E-state index in [4.69, 9.17) is 15.2 Å². The molecule has 0 spiro atoms. The average molecular weight is 298 g/mol. The number of methoxy groups -OCH3 is 2. The van der Waals surface area contributed by atoms with Crippen molar-refractivity contribution in [3.63, 3.8) is 0 Å². The van der Waals surface area contributed by atoms with E-state index in [-0.39, 0.29) is 35.7 Å². The van der Waals surface area contributed by atoms with E-state index in [1.165, 1.54) is 14.2 Å². The molecule has 1 aromatic carbocycles. The van der Waals surface area contributed by atoms with Gasteiger partial charge in [0.2, 0.25) is 5.75 Å². The Morgan fingerprint density at radius 3 is 1.95 bits per heavy atom. The second-order valence-corrected chi connectivity index (χ2v) is 3.89. The van der Waals surface area contributed by atoms with Crippen LogP contribution in [0.15, 0.2) is 12.1 Å². The number of alkyl halides is 2. The fraction of sp³-hybridized carbons (Fsp3) is 0.500. The van der Waals surface area contributed by atoms with Gasteiger partial charge >= 0.3 is 6.61 Å². The number of rotatable bonds is 6. The number of halogens is 3. The van der Waals surface area contributed by atoms with E-state index in [9.17, 15) is 8.78 Å². The lowest BCUT2D eigenvalue weighted by atomic mass is 10.1. The van der Waals surface area contributed by atoms with Gasteiger partial charge in [-0.2, -0.15) is 8.78 Å². The predicted octanol–water partition coefficient (Wildman–Crippen LogP) is 2.62. The molecule has 1 atom stereocenters. The lowest BCUT2D eigenvalue weighted by Gasteiger charge is -2.16. The number of hydrogen-bond acceptors (Lipinski definition) is 4. The zero-order valence-electron chi connectivity index (χ0n) is 11.0. The van der Waals surface area contributed by atoms with Gasteiger partial charge in [-0.15, -0.1) is 12.4 Å². The van der Waals surface area contributed by atoms with Gasteiger partial charge in [-0.25, -0.2) is 0 Å². The summed E-state index contributed by atoms with van der Waals surface area (Å²) >= 11 is 0. The highest BCUT2D eigenvalue weighted by Crippen LogP contribution is 2.39. The van der Waals surface area contributed by atoms with Gasteiger partial charge in [-0.3, -0.25) is 0 Å². The summed E-state index contributed by atoms with van der Waals surface area (Å²) in [4.78, 5) is 0. The molecule has 0 bridgehead atoms. The molecular weight excluding hydrogens is 280 g/mol. The first-order valence-corrected chi connectivity index (χ1v) is 5.43. The highest BCUT2D eigenvalue weighted by molar-refractivity contribution is 5.85. The molecule has 0 aliphatic carbocycles. The fourth-order valence-corrected chi connectivity index (χ4v) is 1.63. The van der Waals surface area contributed by atoms with Crippen molar-refractivity contribution in [3.8, 4) is 17.2 Å². The highest BCUT2D eigenvalue weighted by Gasteiger charge is 2.18. The van der Waals surface area contributed by atoms with Crippen LogP contribution < -0.4 is 19.9 Å². The Morgan fingerprint density at radius 1 is 1.16 bits per heavy atom. The van der Waals surface area contributed by atoms with Crippen molar-refractivity contribution in [2.24, 2.45) is 5.73 Å². The van der Waals surface area contributed by atoms with Gasteiger partial charge in [0.1, 0.15) is 0 Å². The zero-order chi connectivity index (χ0) is 13.7. The molecule has 0 radical (unpaired) electrons. The van der Waals surface area contributed by atoms with E-state index in [0.29, 0.717) is 6.42 Å². The maximum atomic E-state index is 12.3. The standard InChI is InChI=1S/C12H17F2NO3.ClH/c1-7(15)4-8-5-9(16-2)11(18-12(13)14)10(6-8)17-3;/h5-7,12H,4,15H2,1-3H3;1H. The molecule has 0 aliphatic rings. The Bertz CT molecular complexity index is 378. The number of benzene rings is 1. The summed E-state index contributed by atoms with van der Waals surface area (Å²) < 4.78 is 39.1. The summed E-state index contributed by atoms with van der Waals surface area (Å²) in [7, 11) is 2.76. The molecule has 0 saturated carbocycles. The second-order valence-electron chi connectivity index (χ2n) is 3.89. The van der Waals surface area contributed by atoms with Crippen molar-refractivity contribution in [2.75, 3.05) is 14.2 Å². The second kappa shape index (κ2) is 8.01. The normalized spacial score (nSPS) is 11.7. The van der Waals surface area contributed by atoms with Crippen molar-refractivity contribution in [1.29, 1.82) is 0 Å². The molecule has 0 amide bonds. The summed E-state index contributed by atoms with van der Waals surface area (Å²) in [6.07, 6.45) is 0.585. The summed E-state index contributed by atoms with van der Waals surface area (Å²) in [5, 5.41) is 0. The molecule has 1 rings (SSSR count). The molecule has 7 heteroatoms. The van der Waals surface area contributed by atoms with Crippen LogP contribution in [0.1, 0.15) is 12.5 Å². The van der Waals surface area contributed by atoms with Crippen molar-refractivity contribution in [2.45, 2.75) is 26.0 Å².